The quantitative estimate of drug-likeness (QED) is 0.545. The Kier molecular flexibility index (Phi) is 8.55. The van der Waals surface area contributed by atoms with Crippen LogP contribution in [0.4, 0.5) is 4.79 Å². The minimum absolute atomic E-state index is 0.164. The highest BCUT2D eigenvalue weighted by atomic mass is 35.6. The first-order chi connectivity index (χ1) is 16.3. The number of amides is 1. The minimum Gasteiger partial charge on any atom is -0.445 e. The van der Waals surface area contributed by atoms with Crippen molar-refractivity contribution in [2.45, 2.75) is 47.3 Å². The maximum absolute atomic E-state index is 12.4. The largest absolute Gasteiger partial charge is 0.445 e. The van der Waals surface area contributed by atoms with Crippen LogP contribution in [0.2, 0.25) is 0 Å². The summed E-state index contributed by atoms with van der Waals surface area (Å²) in [6, 6.07) is 17.7. The van der Waals surface area contributed by atoms with Crippen LogP contribution in [0.5, 0.6) is 0 Å². The zero-order chi connectivity index (χ0) is 24.1. The molecular weight excluding hydrogens is 509 g/mol. The van der Waals surface area contributed by atoms with Crippen molar-refractivity contribution >= 4 is 40.9 Å². The number of benzene rings is 2. The van der Waals surface area contributed by atoms with Gasteiger partial charge in [0.05, 0.1) is 13.2 Å². The smallest absolute Gasteiger partial charge is 0.407 e. The number of nitrogens with one attached hydrogen (secondary N) is 1. The van der Waals surface area contributed by atoms with Gasteiger partial charge in [-0.25, -0.2) is 4.79 Å². The van der Waals surface area contributed by atoms with Crippen LogP contribution in [0, 0.1) is 0 Å². The average Bonchev–Trinajstić information content (AvgIpc) is 2.84. The van der Waals surface area contributed by atoms with E-state index in [-0.39, 0.29) is 13.2 Å². The SMILES string of the molecule is O=C(N[C@H]1[C@@H](OCc2ccccc2)O[C@@H]2CO[C@@H](c3ccccc3)O[C@H]2[C@@H]1O)OCC(Cl)(Cl)Cl. The van der Waals surface area contributed by atoms with Crippen LogP contribution in [0.3, 0.4) is 0 Å². The first-order valence-corrected chi connectivity index (χ1v) is 11.7. The van der Waals surface area contributed by atoms with E-state index < -0.39 is 53.4 Å². The number of alkyl carbamates (subject to hydrolysis) is 1. The van der Waals surface area contributed by atoms with Crippen molar-refractivity contribution < 1.29 is 33.6 Å². The third-order valence-corrected chi connectivity index (χ3v) is 5.67. The molecule has 2 aliphatic rings. The van der Waals surface area contributed by atoms with Crippen molar-refractivity contribution in [3.8, 4) is 0 Å². The molecule has 2 aromatic rings. The monoisotopic (exact) mass is 531 g/mol. The van der Waals surface area contributed by atoms with Gasteiger partial charge in [-0.05, 0) is 5.56 Å². The summed E-state index contributed by atoms with van der Waals surface area (Å²) in [5.74, 6) is 0. The number of aliphatic hydroxyl groups is 1. The molecule has 0 aliphatic carbocycles. The molecule has 0 bridgehead atoms. The molecule has 184 valence electrons. The summed E-state index contributed by atoms with van der Waals surface area (Å²) < 4.78 is 27.0. The Morgan fingerprint density at radius 1 is 1.06 bits per heavy atom. The molecule has 2 aliphatic heterocycles. The van der Waals surface area contributed by atoms with E-state index in [1.54, 1.807) is 0 Å². The first kappa shape index (κ1) is 25.5. The summed E-state index contributed by atoms with van der Waals surface area (Å²) in [5.41, 5.74) is 1.68. The van der Waals surface area contributed by atoms with Crippen LogP contribution in [-0.2, 0) is 30.3 Å². The highest BCUT2D eigenvalue weighted by molar-refractivity contribution is 6.67. The van der Waals surface area contributed by atoms with Crippen LogP contribution >= 0.6 is 34.8 Å². The van der Waals surface area contributed by atoms with Crippen LogP contribution in [0.1, 0.15) is 17.4 Å². The second-order valence-corrected chi connectivity index (χ2v) is 10.4. The summed E-state index contributed by atoms with van der Waals surface area (Å²) >= 11 is 17.0. The topological polar surface area (TPSA) is 95.5 Å². The molecule has 0 saturated carbocycles. The lowest BCUT2D eigenvalue weighted by Gasteiger charge is -2.47. The predicted molar refractivity (Wildman–Crippen MR) is 124 cm³/mol. The Bertz CT molecular complexity index is 931. The molecule has 2 aromatic carbocycles. The lowest BCUT2D eigenvalue weighted by atomic mass is 9.96. The lowest BCUT2D eigenvalue weighted by molar-refractivity contribution is -0.345. The van der Waals surface area contributed by atoms with E-state index in [0.29, 0.717) is 0 Å². The number of ether oxygens (including phenoxy) is 5. The van der Waals surface area contributed by atoms with Gasteiger partial charge in [0.25, 0.3) is 0 Å². The fourth-order valence-corrected chi connectivity index (χ4v) is 3.91. The van der Waals surface area contributed by atoms with Crippen LogP contribution < -0.4 is 5.32 Å². The van der Waals surface area contributed by atoms with Crippen molar-refractivity contribution in [2.24, 2.45) is 0 Å². The molecule has 0 aromatic heterocycles. The van der Waals surface area contributed by atoms with Gasteiger partial charge < -0.3 is 34.1 Å². The van der Waals surface area contributed by atoms with Gasteiger partial charge >= 0.3 is 6.09 Å². The van der Waals surface area contributed by atoms with Gasteiger partial charge in [0.2, 0.25) is 3.79 Å². The zero-order valence-electron chi connectivity index (χ0n) is 17.9. The van der Waals surface area contributed by atoms with Crippen molar-refractivity contribution in [3.63, 3.8) is 0 Å². The van der Waals surface area contributed by atoms with Crippen LogP contribution in [-0.4, -0.2) is 58.8 Å². The summed E-state index contributed by atoms with van der Waals surface area (Å²) in [7, 11) is 0. The third kappa shape index (κ3) is 6.74. The van der Waals surface area contributed by atoms with E-state index in [0.717, 1.165) is 11.1 Å². The van der Waals surface area contributed by atoms with Gasteiger partial charge in [-0.1, -0.05) is 95.5 Å². The van der Waals surface area contributed by atoms with Gasteiger partial charge in [-0.3, -0.25) is 0 Å². The van der Waals surface area contributed by atoms with Gasteiger partial charge in [0, 0.05) is 5.56 Å². The van der Waals surface area contributed by atoms with Crippen molar-refractivity contribution in [3.05, 3.63) is 71.8 Å². The minimum atomic E-state index is -1.78. The number of hydrogen-bond acceptors (Lipinski definition) is 7. The highest BCUT2D eigenvalue weighted by Gasteiger charge is 2.50. The van der Waals surface area contributed by atoms with Crippen molar-refractivity contribution in [1.29, 1.82) is 0 Å². The Balaban J connectivity index is 1.47. The number of halogens is 3. The molecule has 4 rings (SSSR count). The molecule has 8 nitrogen and oxygen atoms in total. The maximum atomic E-state index is 12.4. The third-order valence-electron chi connectivity index (χ3n) is 5.35. The standard InChI is InChI=1S/C23H24Cl3NO7/c24-23(25,26)13-32-22(29)27-17-18(28)19-16(12-31-20(34-19)15-9-5-2-6-10-15)33-21(17)30-11-14-7-3-1-4-8-14/h1-10,16-21,28H,11-13H2,(H,27,29)/t16-,17-,18-,19-,20-,21+/m1/s1. The second kappa shape index (κ2) is 11.4. The van der Waals surface area contributed by atoms with Gasteiger partial charge in [-0.2, -0.15) is 0 Å². The second-order valence-electron chi connectivity index (χ2n) is 7.87. The molecule has 2 heterocycles. The van der Waals surface area contributed by atoms with Gasteiger partial charge in [-0.15, -0.1) is 0 Å². The number of rotatable bonds is 6. The molecule has 0 radical (unpaired) electrons. The Hall–Kier alpha value is -1.62. The van der Waals surface area contributed by atoms with E-state index in [1.807, 2.05) is 60.7 Å². The molecule has 2 N–H and O–H groups in total. The number of aliphatic hydroxyl groups excluding tert-OH is 1. The van der Waals surface area contributed by atoms with Crippen molar-refractivity contribution in [2.75, 3.05) is 13.2 Å². The summed E-state index contributed by atoms with van der Waals surface area (Å²) in [4.78, 5) is 12.4. The van der Waals surface area contributed by atoms with Crippen LogP contribution in [0.25, 0.3) is 0 Å². The Morgan fingerprint density at radius 2 is 1.74 bits per heavy atom. The highest BCUT2D eigenvalue weighted by Crippen LogP contribution is 2.34. The Labute approximate surface area is 211 Å². The van der Waals surface area contributed by atoms with Gasteiger partial charge in [0.15, 0.2) is 12.6 Å². The summed E-state index contributed by atoms with van der Waals surface area (Å²) in [6.45, 7) is -0.128. The van der Waals surface area contributed by atoms with E-state index >= 15 is 0 Å². The number of carbonyl (C=O) groups excluding carboxylic acids is 1. The maximum Gasteiger partial charge on any atom is 0.407 e. The van der Waals surface area contributed by atoms with E-state index in [1.165, 1.54) is 0 Å². The molecule has 0 spiro atoms. The zero-order valence-corrected chi connectivity index (χ0v) is 20.2. The molecule has 0 unspecified atom stereocenters. The van der Waals surface area contributed by atoms with Gasteiger partial charge in [0.1, 0.15) is 31.0 Å². The molecule has 1 amide bonds. The van der Waals surface area contributed by atoms with E-state index in [4.69, 9.17) is 58.5 Å². The molecule has 6 atom stereocenters. The summed E-state index contributed by atoms with van der Waals surface area (Å²) in [6.07, 6.45) is -5.23. The molecule has 2 fully saturated rings. The lowest BCUT2D eigenvalue weighted by Crippen LogP contribution is -2.66. The van der Waals surface area contributed by atoms with Crippen molar-refractivity contribution in [1.82, 2.24) is 5.32 Å². The Morgan fingerprint density at radius 3 is 2.41 bits per heavy atom. The van der Waals surface area contributed by atoms with Crippen LogP contribution in [0.15, 0.2) is 60.7 Å². The first-order valence-electron chi connectivity index (χ1n) is 10.6. The average molecular weight is 533 g/mol. The molecule has 34 heavy (non-hydrogen) atoms. The molecule has 2 saturated heterocycles. The fraction of sp³-hybridized carbons (Fsp3) is 0.435. The summed E-state index contributed by atoms with van der Waals surface area (Å²) in [5, 5.41) is 13.7. The molecule has 11 heteroatoms. The number of alkyl halides is 3. The van der Waals surface area contributed by atoms with E-state index in [2.05, 4.69) is 5.32 Å². The van der Waals surface area contributed by atoms with E-state index in [9.17, 15) is 9.90 Å². The number of hydrogen-bond donors (Lipinski definition) is 2. The molecular formula is C23H24Cl3NO7. The normalized spacial score (nSPS) is 29.2. The predicted octanol–water partition coefficient (Wildman–Crippen LogP) is 3.87. The fourth-order valence-electron chi connectivity index (χ4n) is 3.75. The number of fused-ring (bicyclic) bond motifs is 1. The number of carbonyl (C=O) groups is 1.